The minimum atomic E-state index is -0.193. The quantitative estimate of drug-likeness (QED) is 0.134. The topological polar surface area (TPSA) is 9.86 Å². The maximum atomic E-state index is 2.47. The van der Waals surface area contributed by atoms with Gasteiger partial charge in [0.1, 0.15) is 0 Å². The monoisotopic (exact) mass is 954 g/mol. The molecule has 15 rings (SSSR count). The maximum Gasteiger partial charge on any atom is 0.0541 e. The van der Waals surface area contributed by atoms with Gasteiger partial charge in [-0.05, 0) is 164 Å². The molecular formula is C73H50N2. The molecule has 2 nitrogen and oxygen atoms in total. The molecule has 11 aromatic carbocycles. The van der Waals surface area contributed by atoms with Crippen molar-refractivity contribution >= 4 is 67.9 Å². The number of rotatable bonds is 8. The summed E-state index contributed by atoms with van der Waals surface area (Å²) in [5.74, 6) is 0. The SMILES string of the molecule is C(=Cc1ccc2c(c1)C1(CCc3ccccc31)c1cc(C=Cc3ccc(-c4ccc5c(c4)c4ccccc4n5-c4ccccc4)cc3)ccc1-2)c1ccc(-c2ccc3c(c2)c2ccccc2n3-c2ccccc2)cc1. The summed E-state index contributed by atoms with van der Waals surface area (Å²) in [4.78, 5) is 0. The molecule has 2 aliphatic carbocycles. The van der Waals surface area contributed by atoms with Crippen LogP contribution in [-0.2, 0) is 11.8 Å². The first-order chi connectivity index (χ1) is 37.1. The van der Waals surface area contributed by atoms with Crippen molar-refractivity contribution in [3.8, 4) is 44.8 Å². The van der Waals surface area contributed by atoms with Gasteiger partial charge in [0.05, 0.1) is 22.1 Å². The number of hydrogen-bond donors (Lipinski definition) is 0. The smallest absolute Gasteiger partial charge is 0.0541 e. The Morgan fingerprint density at radius 3 is 1.20 bits per heavy atom. The second-order valence-corrected chi connectivity index (χ2v) is 20.4. The van der Waals surface area contributed by atoms with E-state index in [2.05, 4.69) is 288 Å². The number of aryl methyl sites for hydroxylation is 1. The summed E-state index contributed by atoms with van der Waals surface area (Å²) in [6.07, 6.45) is 11.2. The second-order valence-electron chi connectivity index (χ2n) is 20.4. The van der Waals surface area contributed by atoms with Crippen LogP contribution in [0, 0.1) is 0 Å². The minimum Gasteiger partial charge on any atom is -0.309 e. The van der Waals surface area contributed by atoms with Gasteiger partial charge in [0.15, 0.2) is 0 Å². The maximum absolute atomic E-state index is 2.47. The number of benzene rings is 11. The van der Waals surface area contributed by atoms with Crippen LogP contribution in [0.5, 0.6) is 0 Å². The zero-order valence-corrected chi connectivity index (χ0v) is 41.4. The molecule has 0 N–H and O–H groups in total. The van der Waals surface area contributed by atoms with Gasteiger partial charge in [0.2, 0.25) is 0 Å². The molecule has 0 unspecified atom stereocenters. The Bertz CT molecular complexity index is 4170. The van der Waals surface area contributed by atoms with E-state index in [4.69, 9.17) is 0 Å². The van der Waals surface area contributed by atoms with Crippen LogP contribution in [0.25, 0.3) is 113 Å². The molecule has 0 saturated carbocycles. The molecule has 0 fully saturated rings. The third-order valence-electron chi connectivity index (χ3n) is 16.3. The Labute approximate surface area is 437 Å². The van der Waals surface area contributed by atoms with E-state index in [0.29, 0.717) is 0 Å². The Hall–Kier alpha value is -9.50. The summed E-state index contributed by atoms with van der Waals surface area (Å²) in [6.45, 7) is 0. The molecule has 0 amide bonds. The average molecular weight is 955 g/mol. The molecule has 75 heavy (non-hydrogen) atoms. The van der Waals surface area contributed by atoms with E-state index < -0.39 is 0 Å². The highest BCUT2D eigenvalue weighted by atomic mass is 15.0. The van der Waals surface area contributed by atoms with Crippen molar-refractivity contribution in [3.05, 3.63) is 299 Å². The standard InChI is InChI=1S/C73H50N2/c1-3-14-58(15-4-1)74-69-21-11-8-18-62(69)64-47-56(37-41-71(64)74)53-33-27-49(28-34-53)23-25-51-31-39-60-61-40-32-52(46-68(61)73(67(60)45-51)44-43-55-13-7-10-20-66(55)73)26-24-50-29-35-54(36-30-50)57-38-42-72-65(48-57)63-19-9-12-22-70(63)75(72)59-16-5-2-6-17-59/h1-42,45-48H,43-44H2. The van der Waals surface area contributed by atoms with E-state index in [-0.39, 0.29) is 5.41 Å². The highest BCUT2D eigenvalue weighted by molar-refractivity contribution is 6.11. The number of para-hydroxylation sites is 4. The summed E-state index contributed by atoms with van der Waals surface area (Å²) >= 11 is 0. The van der Waals surface area contributed by atoms with Gasteiger partial charge < -0.3 is 9.13 Å². The Balaban J connectivity index is 0.704. The highest BCUT2D eigenvalue weighted by Crippen LogP contribution is 2.58. The first-order valence-electron chi connectivity index (χ1n) is 26.3. The number of aromatic nitrogens is 2. The molecule has 1 spiro atoms. The molecule has 0 saturated heterocycles. The van der Waals surface area contributed by atoms with E-state index in [9.17, 15) is 0 Å². The van der Waals surface area contributed by atoms with Gasteiger partial charge in [0, 0.05) is 38.3 Å². The molecule has 13 aromatic rings. The van der Waals surface area contributed by atoms with Crippen molar-refractivity contribution in [2.45, 2.75) is 18.3 Å². The molecule has 0 bridgehead atoms. The summed E-state index contributed by atoms with van der Waals surface area (Å²) in [5.41, 5.74) is 25.2. The van der Waals surface area contributed by atoms with Gasteiger partial charge in [0.25, 0.3) is 0 Å². The van der Waals surface area contributed by atoms with Crippen molar-refractivity contribution in [2.75, 3.05) is 0 Å². The van der Waals surface area contributed by atoms with Gasteiger partial charge in [-0.3, -0.25) is 0 Å². The first-order valence-corrected chi connectivity index (χ1v) is 26.3. The third kappa shape index (κ3) is 7.02. The molecular weight excluding hydrogens is 905 g/mol. The van der Waals surface area contributed by atoms with Gasteiger partial charge >= 0.3 is 0 Å². The Morgan fingerprint density at radius 2 is 0.693 bits per heavy atom. The molecule has 2 aliphatic rings. The van der Waals surface area contributed by atoms with Crippen molar-refractivity contribution in [3.63, 3.8) is 0 Å². The molecule has 2 heteroatoms. The molecule has 2 heterocycles. The lowest BCUT2D eigenvalue weighted by molar-refractivity contribution is 0.626. The Morgan fingerprint density at radius 1 is 0.293 bits per heavy atom. The zero-order valence-electron chi connectivity index (χ0n) is 41.4. The van der Waals surface area contributed by atoms with E-state index >= 15 is 0 Å². The number of fused-ring (bicyclic) bond motifs is 13. The third-order valence-corrected chi connectivity index (χ3v) is 16.3. The van der Waals surface area contributed by atoms with E-state index in [1.165, 1.54) is 133 Å². The van der Waals surface area contributed by atoms with Gasteiger partial charge in [-0.2, -0.15) is 0 Å². The van der Waals surface area contributed by atoms with Gasteiger partial charge in [-0.1, -0.05) is 206 Å². The molecule has 0 radical (unpaired) electrons. The average Bonchev–Trinajstić information content (AvgIpc) is 4.23. The van der Waals surface area contributed by atoms with Crippen LogP contribution in [0.3, 0.4) is 0 Å². The fraction of sp³-hybridized carbons (Fsp3) is 0.0411. The van der Waals surface area contributed by atoms with Crippen molar-refractivity contribution in [1.29, 1.82) is 0 Å². The van der Waals surface area contributed by atoms with Crippen LogP contribution < -0.4 is 0 Å². The van der Waals surface area contributed by atoms with Crippen molar-refractivity contribution < 1.29 is 0 Å². The predicted molar refractivity (Wildman–Crippen MR) is 317 cm³/mol. The van der Waals surface area contributed by atoms with Gasteiger partial charge in [-0.15, -0.1) is 0 Å². The Kier molecular flexibility index (Phi) is 9.96. The van der Waals surface area contributed by atoms with E-state index in [0.717, 1.165) is 12.8 Å². The number of hydrogen-bond acceptors (Lipinski definition) is 0. The normalized spacial score (nSPS) is 14.8. The molecule has 0 atom stereocenters. The summed E-state index contributed by atoms with van der Waals surface area (Å²) in [6, 6.07) is 94.0. The van der Waals surface area contributed by atoms with Crippen LogP contribution in [0.4, 0.5) is 0 Å². The van der Waals surface area contributed by atoms with E-state index in [1.54, 1.807) is 0 Å². The summed E-state index contributed by atoms with van der Waals surface area (Å²) in [5, 5.41) is 5.06. The lowest BCUT2D eigenvalue weighted by Crippen LogP contribution is -2.23. The summed E-state index contributed by atoms with van der Waals surface area (Å²) in [7, 11) is 0. The van der Waals surface area contributed by atoms with Gasteiger partial charge in [-0.25, -0.2) is 0 Å². The van der Waals surface area contributed by atoms with Crippen LogP contribution >= 0.6 is 0 Å². The molecule has 0 aliphatic heterocycles. The van der Waals surface area contributed by atoms with Crippen molar-refractivity contribution in [1.82, 2.24) is 9.13 Å². The predicted octanol–water partition coefficient (Wildman–Crippen LogP) is 18.8. The molecule has 352 valence electrons. The summed E-state index contributed by atoms with van der Waals surface area (Å²) < 4.78 is 4.75. The largest absolute Gasteiger partial charge is 0.309 e. The van der Waals surface area contributed by atoms with E-state index in [1.807, 2.05) is 0 Å². The lowest BCUT2D eigenvalue weighted by atomic mass is 9.73. The van der Waals surface area contributed by atoms with Crippen LogP contribution in [0.15, 0.2) is 255 Å². The fourth-order valence-electron chi connectivity index (χ4n) is 12.8. The molecule has 2 aromatic heterocycles. The second kappa shape index (κ2) is 17.3. The minimum absolute atomic E-state index is 0.193. The van der Waals surface area contributed by atoms with Crippen molar-refractivity contribution in [2.24, 2.45) is 0 Å². The van der Waals surface area contributed by atoms with Crippen LogP contribution in [0.2, 0.25) is 0 Å². The van der Waals surface area contributed by atoms with Crippen LogP contribution in [0.1, 0.15) is 50.9 Å². The fourth-order valence-corrected chi connectivity index (χ4v) is 12.8. The zero-order chi connectivity index (χ0) is 49.5. The number of nitrogens with zero attached hydrogens (tertiary/aromatic N) is 2. The first kappa shape index (κ1) is 43.1. The highest BCUT2D eigenvalue weighted by Gasteiger charge is 2.48. The lowest BCUT2D eigenvalue weighted by Gasteiger charge is -2.29. The van der Waals surface area contributed by atoms with Crippen LogP contribution in [-0.4, -0.2) is 9.13 Å².